The van der Waals surface area contributed by atoms with E-state index >= 15 is 0 Å². The first-order valence-corrected chi connectivity index (χ1v) is 9.57. The van der Waals surface area contributed by atoms with Gasteiger partial charge >= 0.3 is 5.97 Å². The lowest BCUT2D eigenvalue weighted by Crippen LogP contribution is -2.04. The van der Waals surface area contributed by atoms with Crippen LogP contribution >= 0.6 is 23.2 Å². The number of carboxylic acids is 1. The van der Waals surface area contributed by atoms with Gasteiger partial charge in [-0.25, -0.2) is 14.8 Å². The maximum absolute atomic E-state index is 11.1. The predicted octanol–water partition coefficient (Wildman–Crippen LogP) is 5.34. The first kappa shape index (κ1) is 20.0. The first-order valence-electron chi connectivity index (χ1n) is 8.81. The molecule has 0 unspecified atom stereocenters. The summed E-state index contributed by atoms with van der Waals surface area (Å²) in [6.07, 6.45) is 1.46. The summed E-state index contributed by atoms with van der Waals surface area (Å²) < 4.78 is 13.4. The number of imidazole rings is 1. The highest BCUT2D eigenvalue weighted by molar-refractivity contribution is 6.35. The van der Waals surface area contributed by atoms with Crippen molar-refractivity contribution in [3.05, 3.63) is 76.2 Å². The number of aromatic nitrogens is 3. The second-order valence-electron chi connectivity index (χ2n) is 6.40. The molecule has 4 rings (SSSR count). The molecule has 0 aliphatic rings. The van der Waals surface area contributed by atoms with Crippen molar-refractivity contribution in [2.45, 2.75) is 6.61 Å². The van der Waals surface area contributed by atoms with Gasteiger partial charge in [-0.15, -0.1) is 0 Å². The monoisotopic (exact) mass is 443 g/mol. The minimum Gasteiger partial charge on any atom is -0.486 e. The number of fused-ring (bicyclic) bond motifs is 1. The van der Waals surface area contributed by atoms with Gasteiger partial charge in [-0.05, 0) is 36.4 Å². The quantitative estimate of drug-likeness (QED) is 0.432. The van der Waals surface area contributed by atoms with Crippen molar-refractivity contribution in [1.82, 2.24) is 14.5 Å². The van der Waals surface area contributed by atoms with Crippen molar-refractivity contribution in [1.29, 1.82) is 0 Å². The largest absolute Gasteiger partial charge is 0.486 e. The van der Waals surface area contributed by atoms with Gasteiger partial charge in [0.25, 0.3) is 0 Å². The number of aromatic carboxylic acids is 1. The lowest BCUT2D eigenvalue weighted by atomic mass is 10.2. The molecule has 0 atom stereocenters. The molecule has 30 heavy (non-hydrogen) atoms. The van der Waals surface area contributed by atoms with Crippen LogP contribution < -0.4 is 9.47 Å². The number of aryl methyl sites for hydroxylation is 1. The molecule has 0 spiro atoms. The first-order chi connectivity index (χ1) is 14.4. The third kappa shape index (κ3) is 4.17. The molecule has 152 valence electrons. The number of hydrogen-bond donors (Lipinski definition) is 1. The SMILES string of the molecule is Cn1c(COc2cccc(C(=O)O)c2)nc2ccc(Oc3ncc(Cl)cc3Cl)cc21. The van der Waals surface area contributed by atoms with Crippen LogP contribution in [0.3, 0.4) is 0 Å². The van der Waals surface area contributed by atoms with E-state index in [1.165, 1.54) is 18.3 Å². The fraction of sp³-hybridized carbons (Fsp3) is 0.0952. The number of benzene rings is 2. The number of ether oxygens (including phenoxy) is 2. The molecule has 0 amide bonds. The van der Waals surface area contributed by atoms with Gasteiger partial charge in [0.1, 0.15) is 29.0 Å². The Balaban J connectivity index is 1.55. The summed E-state index contributed by atoms with van der Waals surface area (Å²) in [6.45, 7) is 0.176. The van der Waals surface area contributed by atoms with Crippen LogP contribution in [-0.2, 0) is 13.7 Å². The average Bonchev–Trinajstić information content (AvgIpc) is 3.04. The van der Waals surface area contributed by atoms with Gasteiger partial charge in [0.05, 0.1) is 21.6 Å². The van der Waals surface area contributed by atoms with Gasteiger partial charge < -0.3 is 19.1 Å². The molecule has 2 heterocycles. The average molecular weight is 444 g/mol. The second kappa shape index (κ2) is 8.22. The third-order valence-corrected chi connectivity index (χ3v) is 4.86. The van der Waals surface area contributed by atoms with E-state index in [9.17, 15) is 4.79 Å². The zero-order valence-corrected chi connectivity index (χ0v) is 17.2. The molecular weight excluding hydrogens is 429 g/mol. The Labute approximate surface area is 181 Å². The van der Waals surface area contributed by atoms with E-state index in [4.69, 9.17) is 37.8 Å². The molecule has 2 aromatic carbocycles. The number of halogens is 2. The van der Waals surface area contributed by atoms with E-state index in [1.54, 1.807) is 24.3 Å². The summed E-state index contributed by atoms with van der Waals surface area (Å²) in [5, 5.41) is 9.83. The number of carbonyl (C=O) groups is 1. The smallest absolute Gasteiger partial charge is 0.335 e. The molecule has 4 aromatic rings. The zero-order valence-electron chi connectivity index (χ0n) is 15.7. The Hall–Kier alpha value is -3.29. The standard InChI is InChI=1S/C21H15Cl2N3O4/c1-26-18-9-15(30-20-16(23)8-13(22)10-24-20)5-6-17(18)25-19(26)11-29-14-4-2-3-12(7-14)21(27)28/h2-10H,11H2,1H3,(H,27,28). The van der Waals surface area contributed by atoms with Crippen molar-refractivity contribution in [2.24, 2.45) is 7.05 Å². The summed E-state index contributed by atoms with van der Waals surface area (Å²) in [4.78, 5) is 19.8. The number of pyridine rings is 1. The van der Waals surface area contributed by atoms with Crippen molar-refractivity contribution >= 4 is 40.2 Å². The van der Waals surface area contributed by atoms with Crippen molar-refractivity contribution < 1.29 is 19.4 Å². The van der Waals surface area contributed by atoms with Crippen LogP contribution in [0.5, 0.6) is 17.4 Å². The molecule has 9 heteroatoms. The summed E-state index contributed by atoms with van der Waals surface area (Å²) >= 11 is 12.0. The second-order valence-corrected chi connectivity index (χ2v) is 7.25. The Morgan fingerprint density at radius 3 is 2.73 bits per heavy atom. The van der Waals surface area contributed by atoms with E-state index in [1.807, 2.05) is 23.7 Å². The van der Waals surface area contributed by atoms with Gasteiger partial charge in [-0.3, -0.25) is 0 Å². The topological polar surface area (TPSA) is 86.5 Å². The zero-order chi connectivity index (χ0) is 21.3. The highest BCUT2D eigenvalue weighted by Crippen LogP contribution is 2.31. The van der Waals surface area contributed by atoms with Crippen LogP contribution in [0.15, 0.2) is 54.7 Å². The molecule has 0 bridgehead atoms. The molecule has 2 aromatic heterocycles. The Morgan fingerprint density at radius 1 is 1.13 bits per heavy atom. The van der Waals surface area contributed by atoms with Crippen LogP contribution in [0.25, 0.3) is 11.0 Å². The van der Waals surface area contributed by atoms with E-state index in [0.717, 1.165) is 11.0 Å². The summed E-state index contributed by atoms with van der Waals surface area (Å²) in [5.74, 6) is 0.916. The van der Waals surface area contributed by atoms with Crippen molar-refractivity contribution in [2.75, 3.05) is 0 Å². The number of hydrogen-bond acceptors (Lipinski definition) is 5. The third-order valence-electron chi connectivity index (χ3n) is 4.38. The summed E-state index contributed by atoms with van der Waals surface area (Å²) in [7, 11) is 1.86. The Bertz CT molecular complexity index is 1260. The minimum absolute atomic E-state index is 0.161. The van der Waals surface area contributed by atoms with Crippen molar-refractivity contribution in [3.8, 4) is 17.4 Å². The molecule has 7 nitrogen and oxygen atoms in total. The van der Waals surface area contributed by atoms with Gasteiger partial charge in [0.2, 0.25) is 5.88 Å². The van der Waals surface area contributed by atoms with Crippen molar-refractivity contribution in [3.63, 3.8) is 0 Å². The molecule has 0 saturated carbocycles. The fourth-order valence-electron chi connectivity index (χ4n) is 2.87. The molecular formula is C21H15Cl2N3O4. The molecule has 0 radical (unpaired) electrons. The minimum atomic E-state index is -1.01. The number of rotatable bonds is 6. The van der Waals surface area contributed by atoms with E-state index < -0.39 is 5.97 Å². The molecule has 1 N–H and O–H groups in total. The predicted molar refractivity (Wildman–Crippen MR) is 113 cm³/mol. The molecule has 0 saturated heterocycles. The number of carboxylic acid groups (broad SMARTS) is 1. The van der Waals surface area contributed by atoms with E-state index in [0.29, 0.717) is 27.4 Å². The molecule has 0 aliphatic heterocycles. The van der Waals surface area contributed by atoms with Crippen LogP contribution in [0.4, 0.5) is 0 Å². The fourth-order valence-corrected chi connectivity index (χ4v) is 3.29. The van der Waals surface area contributed by atoms with Gasteiger partial charge in [-0.1, -0.05) is 29.3 Å². The van der Waals surface area contributed by atoms with Gasteiger partial charge in [-0.2, -0.15) is 0 Å². The summed E-state index contributed by atoms with van der Waals surface area (Å²) in [5.41, 5.74) is 1.75. The van der Waals surface area contributed by atoms with Crippen LogP contribution in [-0.4, -0.2) is 25.6 Å². The Kier molecular flexibility index (Phi) is 5.48. The molecule has 0 fully saturated rings. The van der Waals surface area contributed by atoms with Crippen LogP contribution in [0, 0.1) is 0 Å². The van der Waals surface area contributed by atoms with E-state index in [2.05, 4.69) is 9.97 Å². The van der Waals surface area contributed by atoms with Gasteiger partial charge in [0.15, 0.2) is 0 Å². The highest BCUT2D eigenvalue weighted by Gasteiger charge is 2.12. The van der Waals surface area contributed by atoms with Crippen LogP contribution in [0.2, 0.25) is 10.0 Å². The maximum atomic E-state index is 11.1. The molecule has 0 aliphatic carbocycles. The lowest BCUT2D eigenvalue weighted by Gasteiger charge is -2.08. The van der Waals surface area contributed by atoms with E-state index in [-0.39, 0.29) is 18.1 Å². The van der Waals surface area contributed by atoms with Crippen LogP contribution in [0.1, 0.15) is 16.2 Å². The Morgan fingerprint density at radius 2 is 1.97 bits per heavy atom. The lowest BCUT2D eigenvalue weighted by molar-refractivity contribution is 0.0696. The highest BCUT2D eigenvalue weighted by atomic mass is 35.5. The normalized spacial score (nSPS) is 10.9. The maximum Gasteiger partial charge on any atom is 0.335 e. The number of nitrogens with zero attached hydrogens (tertiary/aromatic N) is 3. The van der Waals surface area contributed by atoms with Gasteiger partial charge in [0, 0.05) is 19.3 Å². The summed E-state index contributed by atoms with van der Waals surface area (Å²) in [6, 6.07) is 13.3.